The van der Waals surface area contributed by atoms with Crippen LogP contribution in [0.2, 0.25) is 0 Å². The van der Waals surface area contributed by atoms with E-state index in [-0.39, 0.29) is 23.7 Å². The van der Waals surface area contributed by atoms with Crippen LogP contribution in [0.1, 0.15) is 27.6 Å². The molecule has 0 bridgehead atoms. The molecule has 1 aromatic carbocycles. The fraction of sp³-hybridized carbons (Fsp3) is 0.154. The van der Waals surface area contributed by atoms with Crippen LogP contribution in [0.15, 0.2) is 35.9 Å². The number of allylic oxidation sites excluding steroid dienone is 1. The third-order valence-corrected chi connectivity index (χ3v) is 2.47. The minimum atomic E-state index is -0.481. The maximum atomic E-state index is 12.0. The number of ether oxygens (including phenoxy) is 1. The van der Waals surface area contributed by atoms with Crippen molar-refractivity contribution in [2.24, 2.45) is 0 Å². The van der Waals surface area contributed by atoms with Crippen molar-refractivity contribution in [2.75, 3.05) is 6.61 Å². The van der Waals surface area contributed by atoms with E-state index >= 15 is 0 Å². The van der Waals surface area contributed by atoms with E-state index in [1.807, 2.05) is 0 Å². The van der Waals surface area contributed by atoms with Crippen LogP contribution in [0, 0.1) is 0 Å². The Balaban J connectivity index is 2.32. The van der Waals surface area contributed by atoms with E-state index in [4.69, 9.17) is 4.74 Å². The smallest absolute Gasteiger partial charge is 0.302 e. The Morgan fingerprint density at radius 3 is 2.47 bits per heavy atom. The van der Waals surface area contributed by atoms with Gasteiger partial charge in [0.25, 0.3) is 0 Å². The number of esters is 1. The van der Waals surface area contributed by atoms with Gasteiger partial charge in [-0.25, -0.2) is 0 Å². The van der Waals surface area contributed by atoms with Gasteiger partial charge >= 0.3 is 5.97 Å². The quantitative estimate of drug-likeness (QED) is 0.723. The summed E-state index contributed by atoms with van der Waals surface area (Å²) >= 11 is 0. The summed E-state index contributed by atoms with van der Waals surface area (Å²) in [6.07, 6.45) is 1.23. The third-order valence-electron chi connectivity index (χ3n) is 2.47. The first-order chi connectivity index (χ1) is 8.09. The highest BCUT2D eigenvalue weighted by Gasteiger charge is 2.25. The van der Waals surface area contributed by atoms with Crippen molar-refractivity contribution in [2.45, 2.75) is 6.92 Å². The summed E-state index contributed by atoms with van der Waals surface area (Å²) in [5.74, 6) is -0.978. The van der Waals surface area contributed by atoms with Crippen LogP contribution in [-0.2, 0) is 9.53 Å². The molecular formula is C13H10O4. The van der Waals surface area contributed by atoms with Gasteiger partial charge in [0.2, 0.25) is 0 Å². The molecule has 0 aliphatic heterocycles. The zero-order valence-electron chi connectivity index (χ0n) is 9.23. The summed E-state index contributed by atoms with van der Waals surface area (Å²) in [7, 11) is 0. The van der Waals surface area contributed by atoms with Crippen LogP contribution in [0.5, 0.6) is 0 Å². The molecule has 0 aromatic heterocycles. The number of hydrogen-bond donors (Lipinski definition) is 0. The topological polar surface area (TPSA) is 60.4 Å². The Morgan fingerprint density at radius 1 is 1.18 bits per heavy atom. The summed E-state index contributed by atoms with van der Waals surface area (Å²) in [5, 5.41) is 0. The molecule has 1 aliphatic rings. The summed E-state index contributed by atoms with van der Waals surface area (Å²) in [6.45, 7) is 1.10. The molecule has 1 aliphatic carbocycles. The normalized spacial score (nSPS) is 14.1. The van der Waals surface area contributed by atoms with E-state index in [0.717, 1.165) is 0 Å². The van der Waals surface area contributed by atoms with Gasteiger partial charge in [-0.2, -0.15) is 0 Å². The summed E-state index contributed by atoms with van der Waals surface area (Å²) in [5.41, 5.74) is 0.968. The average molecular weight is 230 g/mol. The number of carbonyl (C=O) groups is 3. The molecule has 4 heteroatoms. The number of ketones is 2. The molecule has 1 aromatic rings. The SMILES string of the molecule is CC(=O)OCC1=CC(=O)c2ccccc2C1=O. The van der Waals surface area contributed by atoms with Crippen LogP contribution in [0.25, 0.3) is 0 Å². The lowest BCUT2D eigenvalue weighted by Gasteiger charge is -2.14. The highest BCUT2D eigenvalue weighted by atomic mass is 16.5. The summed E-state index contributed by atoms with van der Waals surface area (Å²) < 4.78 is 4.73. The van der Waals surface area contributed by atoms with E-state index in [9.17, 15) is 14.4 Å². The van der Waals surface area contributed by atoms with E-state index in [2.05, 4.69) is 0 Å². The van der Waals surface area contributed by atoms with Crippen LogP contribution in [0.4, 0.5) is 0 Å². The molecule has 2 rings (SSSR count). The fourth-order valence-electron chi connectivity index (χ4n) is 1.66. The molecule has 0 atom stereocenters. The summed E-state index contributed by atoms with van der Waals surface area (Å²) in [6, 6.07) is 6.60. The Morgan fingerprint density at radius 2 is 1.82 bits per heavy atom. The van der Waals surface area contributed by atoms with Crippen molar-refractivity contribution in [1.82, 2.24) is 0 Å². The predicted octanol–water partition coefficient (Wildman–Crippen LogP) is 1.56. The number of carbonyl (C=O) groups excluding carboxylic acids is 3. The number of fused-ring (bicyclic) bond motifs is 1. The van der Waals surface area contributed by atoms with Gasteiger partial charge < -0.3 is 4.74 Å². The molecule has 17 heavy (non-hydrogen) atoms. The highest BCUT2D eigenvalue weighted by Crippen LogP contribution is 2.21. The zero-order valence-corrected chi connectivity index (χ0v) is 9.23. The standard InChI is InChI=1S/C13H10O4/c1-8(14)17-7-9-6-12(15)10-4-2-3-5-11(10)13(9)16/h2-6H,7H2,1H3. The minimum Gasteiger partial charge on any atom is -0.461 e. The van der Waals surface area contributed by atoms with Gasteiger partial charge in [-0.05, 0) is 6.08 Å². The average Bonchev–Trinajstić information content (AvgIpc) is 2.32. The lowest BCUT2D eigenvalue weighted by Crippen LogP contribution is -2.20. The van der Waals surface area contributed by atoms with E-state index in [1.54, 1.807) is 24.3 Å². The largest absolute Gasteiger partial charge is 0.461 e. The Hall–Kier alpha value is -2.23. The van der Waals surface area contributed by atoms with Gasteiger partial charge in [-0.15, -0.1) is 0 Å². The molecule has 0 heterocycles. The van der Waals surface area contributed by atoms with Gasteiger partial charge in [0.05, 0.1) is 0 Å². The zero-order chi connectivity index (χ0) is 12.4. The Bertz CT molecular complexity index is 540. The van der Waals surface area contributed by atoms with Gasteiger partial charge in [0.1, 0.15) is 6.61 Å². The third kappa shape index (κ3) is 2.15. The maximum Gasteiger partial charge on any atom is 0.302 e. The van der Waals surface area contributed by atoms with E-state index in [0.29, 0.717) is 11.1 Å². The first kappa shape index (κ1) is 11.3. The summed E-state index contributed by atoms with van der Waals surface area (Å²) in [4.78, 5) is 34.4. The predicted molar refractivity (Wildman–Crippen MR) is 59.8 cm³/mol. The Labute approximate surface area is 97.9 Å². The van der Waals surface area contributed by atoms with Crippen LogP contribution in [0.3, 0.4) is 0 Å². The molecule has 0 N–H and O–H groups in total. The van der Waals surface area contributed by atoms with Gasteiger partial charge in [-0.1, -0.05) is 24.3 Å². The second-order valence-corrected chi connectivity index (χ2v) is 3.69. The monoisotopic (exact) mass is 230 g/mol. The molecule has 4 nitrogen and oxygen atoms in total. The first-order valence-corrected chi connectivity index (χ1v) is 5.11. The van der Waals surface area contributed by atoms with Gasteiger partial charge in [-0.3, -0.25) is 14.4 Å². The van der Waals surface area contributed by atoms with Gasteiger partial charge in [0, 0.05) is 23.6 Å². The van der Waals surface area contributed by atoms with Crippen molar-refractivity contribution in [3.05, 3.63) is 47.0 Å². The van der Waals surface area contributed by atoms with Crippen LogP contribution < -0.4 is 0 Å². The van der Waals surface area contributed by atoms with Gasteiger partial charge in [0.15, 0.2) is 11.6 Å². The molecule has 0 fully saturated rings. The lowest BCUT2D eigenvalue weighted by molar-refractivity contribution is -0.139. The lowest BCUT2D eigenvalue weighted by atomic mass is 9.90. The molecule has 0 radical (unpaired) electrons. The molecule has 0 amide bonds. The van der Waals surface area contributed by atoms with Crippen LogP contribution >= 0.6 is 0 Å². The number of rotatable bonds is 2. The van der Waals surface area contributed by atoms with E-state index < -0.39 is 5.97 Å². The van der Waals surface area contributed by atoms with Crippen molar-refractivity contribution in [3.63, 3.8) is 0 Å². The second kappa shape index (κ2) is 4.33. The van der Waals surface area contributed by atoms with Crippen LogP contribution in [-0.4, -0.2) is 24.1 Å². The molecule has 0 saturated carbocycles. The van der Waals surface area contributed by atoms with Crippen molar-refractivity contribution in [3.8, 4) is 0 Å². The first-order valence-electron chi connectivity index (χ1n) is 5.11. The second-order valence-electron chi connectivity index (χ2n) is 3.69. The molecule has 0 saturated heterocycles. The number of hydrogen-bond acceptors (Lipinski definition) is 4. The Kier molecular flexibility index (Phi) is 2.87. The highest BCUT2D eigenvalue weighted by molar-refractivity contribution is 6.24. The molecule has 0 spiro atoms. The minimum absolute atomic E-state index is 0.158. The molecular weight excluding hydrogens is 220 g/mol. The number of benzene rings is 1. The molecule has 86 valence electrons. The van der Waals surface area contributed by atoms with Crippen molar-refractivity contribution in [1.29, 1.82) is 0 Å². The van der Waals surface area contributed by atoms with Crippen molar-refractivity contribution < 1.29 is 19.1 Å². The maximum absolute atomic E-state index is 12.0. The molecule has 0 unspecified atom stereocenters. The number of Topliss-reactive ketones (excluding diaryl/α,β-unsaturated/α-hetero) is 1. The fourth-order valence-corrected chi connectivity index (χ4v) is 1.66. The van der Waals surface area contributed by atoms with E-state index in [1.165, 1.54) is 13.0 Å². The van der Waals surface area contributed by atoms with Crippen molar-refractivity contribution >= 4 is 17.5 Å².